The van der Waals surface area contributed by atoms with Crippen LogP contribution < -0.4 is 0 Å². The van der Waals surface area contributed by atoms with Crippen LogP contribution in [0.25, 0.3) is 21.7 Å². The third-order valence-electron chi connectivity index (χ3n) is 4.90. The van der Waals surface area contributed by atoms with Gasteiger partial charge in [-0.1, -0.05) is 67.6 Å². The number of ketones is 1. The van der Waals surface area contributed by atoms with Gasteiger partial charge in [0.2, 0.25) is 0 Å². The fourth-order valence-corrected chi connectivity index (χ4v) is 3.60. The number of aromatic amines is 1. The lowest BCUT2D eigenvalue weighted by molar-refractivity contribution is -0.118. The molecule has 2 nitrogen and oxygen atoms in total. The number of hydrogen-bond donors (Lipinski definition) is 1. The molecule has 1 atom stereocenters. The van der Waals surface area contributed by atoms with Crippen LogP contribution in [0.5, 0.6) is 0 Å². The minimum Gasteiger partial charge on any atom is -0.361 e. The first-order valence-corrected chi connectivity index (χ1v) is 8.76. The van der Waals surface area contributed by atoms with E-state index in [1.54, 1.807) is 0 Å². The largest absolute Gasteiger partial charge is 0.361 e. The van der Waals surface area contributed by atoms with Gasteiger partial charge < -0.3 is 4.98 Å². The van der Waals surface area contributed by atoms with Crippen LogP contribution in [0.15, 0.2) is 72.9 Å². The van der Waals surface area contributed by atoms with Crippen molar-refractivity contribution in [2.24, 2.45) is 0 Å². The first-order chi connectivity index (χ1) is 12.2. The van der Waals surface area contributed by atoms with Gasteiger partial charge >= 0.3 is 0 Å². The summed E-state index contributed by atoms with van der Waals surface area (Å²) < 4.78 is 0. The lowest BCUT2D eigenvalue weighted by Gasteiger charge is -2.10. The second-order valence-electron chi connectivity index (χ2n) is 6.79. The second kappa shape index (κ2) is 6.56. The summed E-state index contributed by atoms with van der Waals surface area (Å²) in [5.74, 6) is 0.497. The van der Waals surface area contributed by atoms with Gasteiger partial charge in [0.15, 0.2) is 0 Å². The van der Waals surface area contributed by atoms with Crippen molar-refractivity contribution < 1.29 is 4.79 Å². The Morgan fingerprint density at radius 1 is 0.960 bits per heavy atom. The lowest BCUT2D eigenvalue weighted by Crippen LogP contribution is -2.07. The number of carbonyl (C=O) groups is 1. The average molecular weight is 327 g/mol. The molecule has 0 saturated heterocycles. The average Bonchev–Trinajstić information content (AvgIpc) is 3.05. The quantitative estimate of drug-likeness (QED) is 0.506. The predicted molar refractivity (Wildman–Crippen MR) is 104 cm³/mol. The van der Waals surface area contributed by atoms with Gasteiger partial charge in [-0.3, -0.25) is 4.79 Å². The highest BCUT2D eigenvalue weighted by atomic mass is 16.1. The topological polar surface area (TPSA) is 32.9 Å². The van der Waals surface area contributed by atoms with E-state index < -0.39 is 0 Å². The zero-order valence-electron chi connectivity index (χ0n) is 14.3. The highest BCUT2D eigenvalue weighted by Crippen LogP contribution is 2.28. The van der Waals surface area contributed by atoms with E-state index in [1.807, 2.05) is 30.5 Å². The number of rotatable bonds is 5. The Labute approximate surface area is 147 Å². The molecule has 0 radical (unpaired) electrons. The smallest absolute Gasteiger partial charge is 0.137 e. The molecule has 3 aromatic carbocycles. The number of H-pyrrole nitrogens is 1. The Morgan fingerprint density at radius 2 is 1.72 bits per heavy atom. The maximum absolute atomic E-state index is 12.6. The Kier molecular flexibility index (Phi) is 4.10. The van der Waals surface area contributed by atoms with Crippen LogP contribution in [0.1, 0.15) is 30.4 Å². The van der Waals surface area contributed by atoms with E-state index in [9.17, 15) is 4.79 Å². The van der Waals surface area contributed by atoms with Gasteiger partial charge in [0.1, 0.15) is 5.78 Å². The molecule has 0 saturated carbocycles. The summed E-state index contributed by atoms with van der Waals surface area (Å²) in [4.78, 5) is 15.9. The minimum absolute atomic E-state index is 0.212. The summed E-state index contributed by atoms with van der Waals surface area (Å²) in [5, 5.41) is 3.62. The number of aromatic nitrogens is 1. The van der Waals surface area contributed by atoms with Crippen molar-refractivity contribution >= 4 is 27.5 Å². The van der Waals surface area contributed by atoms with E-state index in [4.69, 9.17) is 0 Å². The summed E-state index contributed by atoms with van der Waals surface area (Å²) in [6, 6.07) is 22.8. The molecule has 1 N–H and O–H groups in total. The fraction of sp³-hybridized carbons (Fsp3) is 0.174. The van der Waals surface area contributed by atoms with E-state index in [2.05, 4.69) is 54.4 Å². The molecule has 1 heterocycles. The number of para-hydroxylation sites is 1. The molecule has 1 aromatic heterocycles. The molecule has 0 spiro atoms. The molecule has 25 heavy (non-hydrogen) atoms. The van der Waals surface area contributed by atoms with Crippen molar-refractivity contribution in [3.63, 3.8) is 0 Å². The zero-order valence-corrected chi connectivity index (χ0v) is 14.3. The normalized spacial score (nSPS) is 12.5. The minimum atomic E-state index is 0.212. The van der Waals surface area contributed by atoms with Crippen molar-refractivity contribution in [1.82, 2.24) is 4.98 Å². The van der Waals surface area contributed by atoms with Crippen LogP contribution in [0.2, 0.25) is 0 Å². The highest BCUT2D eigenvalue weighted by molar-refractivity contribution is 5.88. The van der Waals surface area contributed by atoms with Crippen LogP contribution in [-0.4, -0.2) is 10.8 Å². The molecule has 0 aliphatic carbocycles. The number of Topliss-reactive ketones (excluding diaryl/α,β-unsaturated/α-hetero) is 1. The van der Waals surface area contributed by atoms with Crippen LogP contribution in [0, 0.1) is 0 Å². The standard InChI is InChI=1S/C23H21NO/c1-16(22-15-24-23-9-5-4-8-21(22)23)12-20(25)14-17-10-11-18-6-2-3-7-19(18)13-17/h2-11,13,15-16,24H,12,14H2,1H3. The Balaban J connectivity index is 1.49. The molecule has 0 aliphatic heterocycles. The number of carbonyl (C=O) groups excluding carboxylic acids is 1. The Bertz CT molecular complexity index is 1040. The van der Waals surface area contributed by atoms with Gasteiger partial charge in [0, 0.05) is 29.9 Å². The highest BCUT2D eigenvalue weighted by Gasteiger charge is 2.15. The summed E-state index contributed by atoms with van der Waals surface area (Å²) in [5.41, 5.74) is 3.45. The second-order valence-corrected chi connectivity index (χ2v) is 6.79. The van der Waals surface area contributed by atoms with Crippen molar-refractivity contribution in [1.29, 1.82) is 0 Å². The van der Waals surface area contributed by atoms with E-state index in [0.717, 1.165) is 11.1 Å². The third kappa shape index (κ3) is 3.20. The molecule has 0 amide bonds. The lowest BCUT2D eigenvalue weighted by atomic mass is 9.93. The molecule has 4 rings (SSSR count). The van der Waals surface area contributed by atoms with Gasteiger partial charge in [0.25, 0.3) is 0 Å². The van der Waals surface area contributed by atoms with Gasteiger partial charge in [-0.15, -0.1) is 0 Å². The molecule has 0 bridgehead atoms. The van der Waals surface area contributed by atoms with Crippen molar-refractivity contribution in [3.05, 3.63) is 84.1 Å². The van der Waals surface area contributed by atoms with Crippen molar-refractivity contribution in [2.45, 2.75) is 25.7 Å². The van der Waals surface area contributed by atoms with Crippen LogP contribution >= 0.6 is 0 Å². The number of benzene rings is 3. The van der Waals surface area contributed by atoms with Crippen molar-refractivity contribution in [3.8, 4) is 0 Å². The molecular formula is C23H21NO. The molecule has 4 aromatic rings. The summed E-state index contributed by atoms with van der Waals surface area (Å²) in [6.07, 6.45) is 3.10. The molecule has 1 unspecified atom stereocenters. The van der Waals surface area contributed by atoms with Gasteiger partial charge in [-0.05, 0) is 33.9 Å². The Morgan fingerprint density at radius 3 is 2.60 bits per heavy atom. The van der Waals surface area contributed by atoms with Gasteiger partial charge in [-0.2, -0.15) is 0 Å². The molecule has 0 aliphatic rings. The first kappa shape index (κ1) is 15.6. The SMILES string of the molecule is CC(CC(=O)Cc1ccc2ccccc2c1)c1c[nH]c2ccccc12. The van der Waals surface area contributed by atoms with E-state index in [0.29, 0.717) is 12.8 Å². The van der Waals surface area contributed by atoms with Crippen LogP contribution in [-0.2, 0) is 11.2 Å². The Hall–Kier alpha value is -2.87. The third-order valence-corrected chi connectivity index (χ3v) is 4.90. The predicted octanol–water partition coefficient (Wildman–Crippen LogP) is 5.63. The fourth-order valence-electron chi connectivity index (χ4n) is 3.60. The van der Waals surface area contributed by atoms with Crippen LogP contribution in [0.3, 0.4) is 0 Å². The number of hydrogen-bond acceptors (Lipinski definition) is 1. The maximum atomic E-state index is 12.6. The first-order valence-electron chi connectivity index (χ1n) is 8.76. The van der Waals surface area contributed by atoms with Crippen LogP contribution in [0.4, 0.5) is 0 Å². The summed E-state index contributed by atoms with van der Waals surface area (Å²) in [6.45, 7) is 2.13. The van der Waals surface area contributed by atoms with Gasteiger partial charge in [0.05, 0.1) is 0 Å². The monoisotopic (exact) mass is 327 g/mol. The summed E-state index contributed by atoms with van der Waals surface area (Å²) in [7, 11) is 0. The molecule has 124 valence electrons. The summed E-state index contributed by atoms with van der Waals surface area (Å²) >= 11 is 0. The van der Waals surface area contributed by atoms with E-state index in [-0.39, 0.29) is 11.7 Å². The molecule has 0 fully saturated rings. The number of fused-ring (bicyclic) bond motifs is 2. The van der Waals surface area contributed by atoms with E-state index >= 15 is 0 Å². The van der Waals surface area contributed by atoms with Gasteiger partial charge in [-0.25, -0.2) is 0 Å². The maximum Gasteiger partial charge on any atom is 0.137 e. The van der Waals surface area contributed by atoms with Crippen molar-refractivity contribution in [2.75, 3.05) is 0 Å². The number of nitrogens with one attached hydrogen (secondary N) is 1. The molecular weight excluding hydrogens is 306 g/mol. The van der Waals surface area contributed by atoms with E-state index in [1.165, 1.54) is 21.7 Å². The molecule has 2 heteroatoms. The zero-order chi connectivity index (χ0) is 17.2.